The Hall–Kier alpha value is -2.94. The van der Waals surface area contributed by atoms with Gasteiger partial charge in [0.15, 0.2) is 5.78 Å². The van der Waals surface area contributed by atoms with Crippen molar-refractivity contribution in [3.63, 3.8) is 0 Å². The van der Waals surface area contributed by atoms with Crippen molar-refractivity contribution in [2.45, 2.75) is 0 Å². The number of hydrogen-bond donors (Lipinski definition) is 1. The molecule has 0 radical (unpaired) electrons. The van der Waals surface area contributed by atoms with Gasteiger partial charge in [0, 0.05) is 10.9 Å². The lowest BCUT2D eigenvalue weighted by Gasteiger charge is -2.01. The van der Waals surface area contributed by atoms with Gasteiger partial charge in [0.1, 0.15) is 11.3 Å². The van der Waals surface area contributed by atoms with Gasteiger partial charge in [-0.25, -0.2) is 4.98 Å². The first-order chi connectivity index (χ1) is 10.2. The van der Waals surface area contributed by atoms with E-state index < -0.39 is 0 Å². The van der Waals surface area contributed by atoms with E-state index in [1.165, 1.54) is 6.08 Å². The van der Waals surface area contributed by atoms with Crippen molar-refractivity contribution in [3.05, 3.63) is 78.0 Å². The van der Waals surface area contributed by atoms with E-state index in [0.717, 1.165) is 5.39 Å². The SMILES string of the molecule is O=C(/C=C/c1ccc2cccc(O)c2n1)c1ccccc1. The minimum Gasteiger partial charge on any atom is -0.506 e. The number of pyridine rings is 1. The predicted octanol–water partition coefficient (Wildman–Crippen LogP) is 3.84. The lowest BCUT2D eigenvalue weighted by molar-refractivity contribution is 0.104. The maximum absolute atomic E-state index is 12.0. The molecule has 0 unspecified atom stereocenters. The Bertz CT molecular complexity index is 823. The van der Waals surface area contributed by atoms with Crippen molar-refractivity contribution in [3.8, 4) is 5.75 Å². The molecule has 1 N–H and O–H groups in total. The summed E-state index contributed by atoms with van der Waals surface area (Å²) >= 11 is 0. The molecule has 0 atom stereocenters. The maximum Gasteiger partial charge on any atom is 0.185 e. The Morgan fingerprint density at radius 2 is 1.76 bits per heavy atom. The summed E-state index contributed by atoms with van der Waals surface area (Å²) in [5.74, 6) is 0.0620. The Morgan fingerprint density at radius 1 is 0.952 bits per heavy atom. The third-order valence-corrected chi connectivity index (χ3v) is 3.18. The van der Waals surface area contributed by atoms with Crippen molar-refractivity contribution in [2.24, 2.45) is 0 Å². The van der Waals surface area contributed by atoms with Crippen LogP contribution in [-0.2, 0) is 0 Å². The number of carbonyl (C=O) groups is 1. The molecule has 0 bridgehead atoms. The second-order valence-corrected chi connectivity index (χ2v) is 4.65. The van der Waals surface area contributed by atoms with Gasteiger partial charge in [-0.05, 0) is 24.3 Å². The Kier molecular flexibility index (Phi) is 3.48. The lowest BCUT2D eigenvalue weighted by Crippen LogP contribution is -1.93. The Balaban J connectivity index is 1.90. The van der Waals surface area contributed by atoms with Crippen LogP contribution < -0.4 is 0 Å². The van der Waals surface area contributed by atoms with Gasteiger partial charge in [0.25, 0.3) is 0 Å². The zero-order valence-electron chi connectivity index (χ0n) is 11.2. The second-order valence-electron chi connectivity index (χ2n) is 4.65. The molecule has 21 heavy (non-hydrogen) atoms. The number of allylic oxidation sites excluding steroid dienone is 1. The minimum atomic E-state index is -0.0743. The number of fused-ring (bicyclic) bond motifs is 1. The Labute approximate surface area is 122 Å². The standard InChI is InChI=1S/C18H13NO2/c20-16(13-5-2-1-3-6-13)12-11-15-10-9-14-7-4-8-17(21)18(14)19-15/h1-12,21H/b12-11+. The fourth-order valence-corrected chi connectivity index (χ4v) is 2.10. The van der Waals surface area contributed by atoms with Crippen LogP contribution in [-0.4, -0.2) is 15.9 Å². The van der Waals surface area contributed by atoms with Gasteiger partial charge in [-0.1, -0.05) is 48.5 Å². The largest absolute Gasteiger partial charge is 0.506 e. The van der Waals surface area contributed by atoms with Gasteiger partial charge in [0.2, 0.25) is 0 Å². The molecule has 1 aromatic heterocycles. The summed E-state index contributed by atoms with van der Waals surface area (Å²) in [6.45, 7) is 0. The third kappa shape index (κ3) is 2.82. The number of phenolic OH excluding ortho intramolecular Hbond substituents is 1. The molecule has 3 aromatic rings. The molecular formula is C18H13NO2. The topological polar surface area (TPSA) is 50.2 Å². The third-order valence-electron chi connectivity index (χ3n) is 3.18. The Morgan fingerprint density at radius 3 is 2.57 bits per heavy atom. The van der Waals surface area contributed by atoms with Crippen LogP contribution in [0.2, 0.25) is 0 Å². The first-order valence-electron chi connectivity index (χ1n) is 6.60. The van der Waals surface area contributed by atoms with E-state index in [0.29, 0.717) is 16.8 Å². The highest BCUT2D eigenvalue weighted by atomic mass is 16.3. The summed E-state index contributed by atoms with van der Waals surface area (Å²) in [6, 6.07) is 18.0. The summed E-state index contributed by atoms with van der Waals surface area (Å²) in [5, 5.41) is 10.7. The van der Waals surface area contributed by atoms with E-state index in [1.807, 2.05) is 36.4 Å². The highest BCUT2D eigenvalue weighted by molar-refractivity contribution is 6.06. The number of para-hydroxylation sites is 1. The molecule has 0 aliphatic rings. The number of carbonyl (C=O) groups excluding carboxylic acids is 1. The van der Waals surface area contributed by atoms with Gasteiger partial charge in [-0.3, -0.25) is 4.79 Å². The van der Waals surface area contributed by atoms with Gasteiger partial charge in [0.05, 0.1) is 5.69 Å². The molecule has 3 nitrogen and oxygen atoms in total. The quantitative estimate of drug-likeness (QED) is 0.583. The molecule has 0 saturated carbocycles. The molecule has 0 spiro atoms. The fraction of sp³-hybridized carbons (Fsp3) is 0. The van der Waals surface area contributed by atoms with Crippen molar-refractivity contribution in [1.29, 1.82) is 0 Å². The normalized spacial score (nSPS) is 11.0. The summed E-state index contributed by atoms with van der Waals surface area (Å²) in [7, 11) is 0. The van der Waals surface area contributed by atoms with Crippen molar-refractivity contribution in [1.82, 2.24) is 4.98 Å². The number of benzene rings is 2. The smallest absolute Gasteiger partial charge is 0.185 e. The molecule has 0 aliphatic heterocycles. The van der Waals surface area contributed by atoms with Gasteiger partial charge in [-0.15, -0.1) is 0 Å². The highest BCUT2D eigenvalue weighted by Gasteiger charge is 2.02. The number of rotatable bonds is 3. The molecule has 0 saturated heterocycles. The molecule has 1 heterocycles. The van der Waals surface area contributed by atoms with Gasteiger partial charge in [-0.2, -0.15) is 0 Å². The van der Waals surface area contributed by atoms with E-state index in [1.54, 1.807) is 30.3 Å². The van der Waals surface area contributed by atoms with Gasteiger partial charge < -0.3 is 5.11 Å². The highest BCUT2D eigenvalue weighted by Crippen LogP contribution is 2.22. The summed E-state index contributed by atoms with van der Waals surface area (Å²) in [5.41, 5.74) is 1.80. The number of nitrogens with zero attached hydrogens (tertiary/aromatic N) is 1. The van der Waals surface area contributed by atoms with Gasteiger partial charge >= 0.3 is 0 Å². The van der Waals surface area contributed by atoms with E-state index in [-0.39, 0.29) is 11.5 Å². The predicted molar refractivity (Wildman–Crippen MR) is 83.2 cm³/mol. The van der Waals surface area contributed by atoms with Crippen molar-refractivity contribution in [2.75, 3.05) is 0 Å². The van der Waals surface area contributed by atoms with E-state index in [9.17, 15) is 9.90 Å². The monoisotopic (exact) mass is 275 g/mol. The maximum atomic E-state index is 12.0. The fourth-order valence-electron chi connectivity index (χ4n) is 2.10. The molecule has 102 valence electrons. The molecular weight excluding hydrogens is 262 g/mol. The van der Waals surface area contributed by atoms with Crippen molar-refractivity contribution >= 4 is 22.8 Å². The first-order valence-corrected chi connectivity index (χ1v) is 6.60. The summed E-state index contributed by atoms with van der Waals surface area (Å²) in [4.78, 5) is 16.3. The summed E-state index contributed by atoms with van der Waals surface area (Å²) < 4.78 is 0. The number of ketones is 1. The summed E-state index contributed by atoms with van der Waals surface area (Å²) in [6.07, 6.45) is 3.14. The molecule has 2 aromatic carbocycles. The lowest BCUT2D eigenvalue weighted by atomic mass is 10.1. The minimum absolute atomic E-state index is 0.0743. The molecule has 0 amide bonds. The first kappa shape index (κ1) is 13.1. The number of phenols is 1. The second kappa shape index (κ2) is 5.59. The molecule has 3 rings (SSSR count). The van der Waals surface area contributed by atoms with Crippen LogP contribution in [0.5, 0.6) is 5.75 Å². The van der Waals surface area contributed by atoms with Crippen LogP contribution in [0.15, 0.2) is 66.7 Å². The molecule has 3 heteroatoms. The van der Waals surface area contributed by atoms with E-state index >= 15 is 0 Å². The zero-order chi connectivity index (χ0) is 14.7. The number of aromatic nitrogens is 1. The van der Waals surface area contributed by atoms with Crippen LogP contribution in [0.1, 0.15) is 16.1 Å². The molecule has 0 aliphatic carbocycles. The van der Waals surface area contributed by atoms with Crippen LogP contribution in [0.25, 0.3) is 17.0 Å². The van der Waals surface area contributed by atoms with Crippen LogP contribution in [0, 0.1) is 0 Å². The van der Waals surface area contributed by atoms with Crippen LogP contribution >= 0.6 is 0 Å². The number of aromatic hydroxyl groups is 1. The average Bonchev–Trinajstić information content (AvgIpc) is 2.54. The molecule has 0 fully saturated rings. The average molecular weight is 275 g/mol. The number of hydrogen-bond acceptors (Lipinski definition) is 3. The van der Waals surface area contributed by atoms with E-state index in [2.05, 4.69) is 4.98 Å². The zero-order valence-corrected chi connectivity index (χ0v) is 11.2. The van der Waals surface area contributed by atoms with E-state index in [4.69, 9.17) is 0 Å². The van der Waals surface area contributed by atoms with Crippen molar-refractivity contribution < 1.29 is 9.90 Å². The van der Waals surface area contributed by atoms with Crippen LogP contribution in [0.3, 0.4) is 0 Å². The van der Waals surface area contributed by atoms with Crippen LogP contribution in [0.4, 0.5) is 0 Å².